The highest BCUT2D eigenvalue weighted by Gasteiger charge is 2.31. The van der Waals surface area contributed by atoms with Gasteiger partial charge in [0.2, 0.25) is 10.0 Å². The zero-order valence-corrected chi connectivity index (χ0v) is 17.0. The van der Waals surface area contributed by atoms with Crippen LogP contribution in [0.1, 0.15) is 29.9 Å². The van der Waals surface area contributed by atoms with E-state index >= 15 is 0 Å². The van der Waals surface area contributed by atoms with Crippen molar-refractivity contribution in [2.45, 2.75) is 30.1 Å². The molecule has 2 aromatic rings. The molecule has 0 amide bonds. The zero-order chi connectivity index (χ0) is 20.3. The number of rotatable bonds is 5. The van der Waals surface area contributed by atoms with Crippen LogP contribution in [0.25, 0.3) is 0 Å². The lowest BCUT2D eigenvalue weighted by Gasteiger charge is -2.32. The lowest BCUT2D eigenvalue weighted by Crippen LogP contribution is -2.39. The van der Waals surface area contributed by atoms with Crippen molar-refractivity contribution < 1.29 is 22.3 Å². The second-order valence-electron chi connectivity index (χ2n) is 6.76. The highest BCUT2D eigenvalue weighted by atomic mass is 35.5. The molecule has 1 aliphatic rings. The molecule has 5 nitrogen and oxygen atoms in total. The molecule has 1 heterocycles. The molecule has 8 heteroatoms. The van der Waals surface area contributed by atoms with Gasteiger partial charge in [0.1, 0.15) is 5.82 Å². The maximum absolute atomic E-state index is 13.1. The minimum Gasteiger partial charge on any atom is -0.469 e. The van der Waals surface area contributed by atoms with Crippen molar-refractivity contribution in [2.24, 2.45) is 0 Å². The number of esters is 1. The predicted molar refractivity (Wildman–Crippen MR) is 104 cm³/mol. The van der Waals surface area contributed by atoms with E-state index in [9.17, 15) is 17.6 Å². The molecule has 2 aromatic carbocycles. The molecule has 0 bridgehead atoms. The van der Waals surface area contributed by atoms with Crippen LogP contribution in [0.3, 0.4) is 0 Å². The van der Waals surface area contributed by atoms with Crippen molar-refractivity contribution in [1.29, 1.82) is 0 Å². The molecule has 0 N–H and O–H groups in total. The molecule has 1 aliphatic heterocycles. The molecule has 3 rings (SSSR count). The topological polar surface area (TPSA) is 63.7 Å². The number of benzene rings is 2. The first-order chi connectivity index (χ1) is 13.3. The molecular weight excluding hydrogens is 405 g/mol. The van der Waals surface area contributed by atoms with Gasteiger partial charge in [-0.2, -0.15) is 4.31 Å². The lowest BCUT2D eigenvalue weighted by molar-refractivity contribution is -0.139. The summed E-state index contributed by atoms with van der Waals surface area (Å²) in [5.74, 6) is -0.879. The Kier molecular flexibility index (Phi) is 6.37. The first kappa shape index (κ1) is 20.8. The molecule has 28 heavy (non-hydrogen) atoms. The van der Waals surface area contributed by atoms with Crippen molar-refractivity contribution in [2.75, 3.05) is 20.2 Å². The lowest BCUT2D eigenvalue weighted by atomic mass is 9.90. The van der Waals surface area contributed by atoms with Crippen LogP contribution < -0.4 is 0 Å². The number of methoxy groups -OCH3 is 1. The molecule has 150 valence electrons. The molecule has 0 aromatic heterocycles. The minimum atomic E-state index is -3.69. The fourth-order valence-corrected chi connectivity index (χ4v) is 5.11. The normalized spacial score (nSPS) is 18.0. The van der Waals surface area contributed by atoms with Gasteiger partial charge in [0.15, 0.2) is 0 Å². The summed E-state index contributed by atoms with van der Waals surface area (Å²) in [5.41, 5.74) is 1.59. The average molecular weight is 426 g/mol. The second-order valence-corrected chi connectivity index (χ2v) is 9.11. The smallest absolute Gasteiger partial charge is 0.310 e. The van der Waals surface area contributed by atoms with Crippen LogP contribution in [0, 0.1) is 5.82 Å². The minimum absolute atomic E-state index is 0.0161. The van der Waals surface area contributed by atoms with Crippen molar-refractivity contribution in [3.63, 3.8) is 0 Å². The van der Waals surface area contributed by atoms with Gasteiger partial charge in [-0.1, -0.05) is 23.7 Å². The van der Waals surface area contributed by atoms with Gasteiger partial charge in [-0.3, -0.25) is 4.79 Å². The first-order valence-electron chi connectivity index (χ1n) is 8.92. The summed E-state index contributed by atoms with van der Waals surface area (Å²) in [7, 11) is -2.38. The van der Waals surface area contributed by atoms with Crippen LogP contribution in [0.2, 0.25) is 5.02 Å². The molecule has 1 unspecified atom stereocenters. The van der Waals surface area contributed by atoms with Gasteiger partial charge >= 0.3 is 5.97 Å². The molecule has 1 atom stereocenters. The Balaban J connectivity index is 1.82. The summed E-state index contributed by atoms with van der Waals surface area (Å²) in [4.78, 5) is 11.7. The number of halogens is 2. The Morgan fingerprint density at radius 1 is 1.25 bits per heavy atom. The number of carbonyl (C=O) groups excluding carboxylic acids is 1. The summed E-state index contributed by atoms with van der Waals surface area (Å²) in [6, 6.07) is 10.3. The Morgan fingerprint density at radius 2 is 1.96 bits per heavy atom. The van der Waals surface area contributed by atoms with Crippen molar-refractivity contribution >= 4 is 27.6 Å². The first-order valence-corrected chi connectivity index (χ1v) is 10.7. The molecule has 1 saturated heterocycles. The third kappa shape index (κ3) is 4.54. The fraction of sp³-hybridized carbons (Fsp3) is 0.350. The van der Waals surface area contributed by atoms with E-state index in [1.54, 1.807) is 6.07 Å². The van der Waals surface area contributed by atoms with Crippen LogP contribution in [-0.2, 0) is 26.0 Å². The van der Waals surface area contributed by atoms with Gasteiger partial charge < -0.3 is 4.74 Å². The van der Waals surface area contributed by atoms with E-state index < -0.39 is 15.8 Å². The molecule has 0 radical (unpaired) electrons. The van der Waals surface area contributed by atoms with Crippen LogP contribution in [0.5, 0.6) is 0 Å². The second kappa shape index (κ2) is 8.59. The van der Waals surface area contributed by atoms with E-state index in [4.69, 9.17) is 16.3 Å². The Morgan fingerprint density at radius 3 is 2.64 bits per heavy atom. The van der Waals surface area contributed by atoms with Crippen LogP contribution >= 0.6 is 11.6 Å². The average Bonchev–Trinajstić information content (AvgIpc) is 2.70. The molecule has 1 fully saturated rings. The third-order valence-corrected chi connectivity index (χ3v) is 7.19. The summed E-state index contributed by atoms with van der Waals surface area (Å²) in [5, 5.41) is 0.473. The standard InChI is InChI=1S/C20H21ClFNO4S/c1-27-20(24)12-16-11-14(4-9-19(16)21)15-3-2-10-23(13-15)28(25,26)18-7-5-17(22)6-8-18/h4-9,11,15H,2-3,10,12-13H2,1H3. The molecule has 0 aliphatic carbocycles. The van der Waals surface area contributed by atoms with Crippen LogP contribution in [-0.4, -0.2) is 38.9 Å². The largest absolute Gasteiger partial charge is 0.469 e. The van der Waals surface area contributed by atoms with Gasteiger partial charge in [0.05, 0.1) is 18.4 Å². The molecule has 0 saturated carbocycles. The number of ether oxygens (including phenoxy) is 1. The van der Waals surface area contributed by atoms with Gasteiger partial charge in [-0.05, 0) is 60.2 Å². The number of sulfonamides is 1. The number of carbonyl (C=O) groups is 1. The quantitative estimate of drug-likeness (QED) is 0.684. The van der Waals surface area contributed by atoms with E-state index in [0.717, 1.165) is 24.1 Å². The van der Waals surface area contributed by atoms with E-state index in [2.05, 4.69) is 0 Å². The highest BCUT2D eigenvalue weighted by Crippen LogP contribution is 2.32. The van der Waals surface area contributed by atoms with Gasteiger partial charge in [-0.25, -0.2) is 12.8 Å². The van der Waals surface area contributed by atoms with Crippen molar-refractivity contribution in [3.05, 3.63) is 64.4 Å². The third-order valence-electron chi connectivity index (χ3n) is 4.94. The Labute approximate surface area is 169 Å². The predicted octanol–water partition coefficient (Wildman–Crippen LogP) is 3.76. The SMILES string of the molecule is COC(=O)Cc1cc(C2CCCN(S(=O)(=O)c3ccc(F)cc3)C2)ccc1Cl. The number of nitrogens with zero attached hydrogens (tertiary/aromatic N) is 1. The number of piperidine rings is 1. The van der Waals surface area contributed by atoms with Crippen molar-refractivity contribution in [3.8, 4) is 0 Å². The fourth-order valence-electron chi connectivity index (χ4n) is 3.40. The van der Waals surface area contributed by atoms with Gasteiger partial charge in [0, 0.05) is 18.1 Å². The summed E-state index contributed by atoms with van der Waals surface area (Å²) in [6.07, 6.45) is 1.60. The van der Waals surface area contributed by atoms with Crippen LogP contribution in [0.15, 0.2) is 47.4 Å². The van der Waals surface area contributed by atoms with E-state index in [1.807, 2.05) is 12.1 Å². The molecular formula is C20H21ClFNO4S. The van der Waals surface area contributed by atoms with Gasteiger partial charge in [-0.15, -0.1) is 0 Å². The Bertz CT molecular complexity index is 963. The van der Waals surface area contributed by atoms with E-state index in [1.165, 1.54) is 23.5 Å². The highest BCUT2D eigenvalue weighted by molar-refractivity contribution is 7.89. The maximum atomic E-state index is 13.1. The van der Waals surface area contributed by atoms with Gasteiger partial charge in [0.25, 0.3) is 0 Å². The summed E-state index contributed by atoms with van der Waals surface area (Å²) >= 11 is 6.19. The summed E-state index contributed by atoms with van der Waals surface area (Å²) in [6.45, 7) is 0.734. The number of hydrogen-bond acceptors (Lipinski definition) is 4. The van der Waals surface area contributed by atoms with E-state index in [0.29, 0.717) is 30.1 Å². The zero-order valence-electron chi connectivity index (χ0n) is 15.4. The Hall–Kier alpha value is -1.96. The van der Waals surface area contributed by atoms with Crippen LogP contribution in [0.4, 0.5) is 4.39 Å². The van der Waals surface area contributed by atoms with E-state index in [-0.39, 0.29) is 23.2 Å². The summed E-state index contributed by atoms with van der Waals surface area (Å²) < 4.78 is 45.1. The number of hydrogen-bond donors (Lipinski definition) is 0. The molecule has 0 spiro atoms. The monoisotopic (exact) mass is 425 g/mol. The van der Waals surface area contributed by atoms with Crippen molar-refractivity contribution in [1.82, 2.24) is 4.31 Å². The maximum Gasteiger partial charge on any atom is 0.310 e.